The first kappa shape index (κ1) is 13.0. The van der Waals surface area contributed by atoms with Crippen molar-refractivity contribution in [3.05, 3.63) is 35.9 Å². The molecule has 1 N–H and O–H groups in total. The van der Waals surface area contributed by atoms with E-state index in [9.17, 15) is 4.79 Å². The van der Waals surface area contributed by atoms with Crippen molar-refractivity contribution in [2.24, 2.45) is 5.41 Å². The van der Waals surface area contributed by atoms with Crippen LogP contribution in [0.1, 0.15) is 13.8 Å². The van der Waals surface area contributed by atoms with Crippen LogP contribution >= 0.6 is 11.6 Å². The van der Waals surface area contributed by atoms with Crippen LogP contribution in [0.25, 0.3) is 0 Å². The minimum atomic E-state index is -0.450. The topological polar surface area (TPSA) is 32.3 Å². The van der Waals surface area contributed by atoms with Crippen LogP contribution in [0.5, 0.6) is 0 Å². The first-order valence-electron chi connectivity index (χ1n) is 5.92. The molecular weight excluding hydrogens is 248 g/mol. The number of carbonyl (C=O) groups is 1. The van der Waals surface area contributed by atoms with Crippen LogP contribution in [0, 0.1) is 5.41 Å². The summed E-state index contributed by atoms with van der Waals surface area (Å²) in [5.41, 5.74) is 1.30. The Morgan fingerprint density at radius 1 is 1.56 bits per heavy atom. The van der Waals surface area contributed by atoms with E-state index >= 15 is 0 Å². The van der Waals surface area contributed by atoms with E-state index in [1.54, 1.807) is 17.0 Å². The summed E-state index contributed by atoms with van der Waals surface area (Å²) >= 11 is 6.00. The summed E-state index contributed by atoms with van der Waals surface area (Å²) in [5, 5.41) is 3.95. The van der Waals surface area contributed by atoms with E-state index in [1.807, 2.05) is 26.0 Å². The summed E-state index contributed by atoms with van der Waals surface area (Å²) in [4.78, 5) is 14.3. The molecule has 1 aliphatic rings. The van der Waals surface area contributed by atoms with Crippen molar-refractivity contribution in [1.29, 1.82) is 0 Å². The summed E-state index contributed by atoms with van der Waals surface area (Å²) in [5.74, 6) is 0.0935. The number of hydrogen-bond acceptors (Lipinski definition) is 2. The first-order valence-corrected chi connectivity index (χ1v) is 6.30. The number of amides is 1. The lowest BCUT2D eigenvalue weighted by Gasteiger charge is -2.27. The summed E-state index contributed by atoms with van der Waals surface area (Å²) in [6, 6.07) is 5.51. The molecule has 1 heterocycles. The van der Waals surface area contributed by atoms with Gasteiger partial charge < -0.3 is 10.2 Å². The van der Waals surface area contributed by atoms with Crippen molar-refractivity contribution in [3.63, 3.8) is 0 Å². The van der Waals surface area contributed by atoms with Crippen LogP contribution in [-0.2, 0) is 4.79 Å². The lowest BCUT2D eigenvalue weighted by atomic mass is 9.92. The Bertz CT molecular complexity index is 497. The summed E-state index contributed by atoms with van der Waals surface area (Å²) in [7, 11) is 0. The second-order valence-corrected chi connectivity index (χ2v) is 5.54. The molecule has 0 atom stereocenters. The number of carbonyl (C=O) groups excluding carboxylic acids is 1. The van der Waals surface area contributed by atoms with Crippen LogP contribution in [0.2, 0.25) is 5.02 Å². The smallest absolute Gasteiger partial charge is 0.234 e. The van der Waals surface area contributed by atoms with E-state index in [0.29, 0.717) is 18.1 Å². The molecule has 96 valence electrons. The fourth-order valence-corrected chi connectivity index (χ4v) is 2.23. The molecule has 1 aromatic carbocycles. The predicted octanol–water partition coefficient (Wildman–Crippen LogP) is 3.31. The van der Waals surface area contributed by atoms with Gasteiger partial charge in [0.1, 0.15) is 0 Å². The highest BCUT2D eigenvalue weighted by Gasteiger charge is 2.35. The molecule has 0 spiro atoms. The molecule has 0 saturated carbocycles. The van der Waals surface area contributed by atoms with Gasteiger partial charge in [0.05, 0.1) is 16.8 Å². The standard InChI is InChI=1S/C14H17ClN2O/c1-4-7-17-12-6-5-10(15)8-11(12)16-9-14(2,3)13(17)18/h4-6,8,16H,1,7,9H2,2-3H3. The highest BCUT2D eigenvalue weighted by Crippen LogP contribution is 2.35. The predicted molar refractivity (Wildman–Crippen MR) is 76.3 cm³/mol. The number of benzene rings is 1. The van der Waals surface area contributed by atoms with E-state index in [1.165, 1.54) is 0 Å². The molecule has 1 aromatic rings. The molecule has 0 fully saturated rings. The highest BCUT2D eigenvalue weighted by atomic mass is 35.5. The fourth-order valence-electron chi connectivity index (χ4n) is 2.06. The summed E-state index contributed by atoms with van der Waals surface area (Å²) in [6.45, 7) is 8.68. The molecule has 0 aromatic heterocycles. The van der Waals surface area contributed by atoms with Gasteiger partial charge in [0.25, 0.3) is 0 Å². The van der Waals surface area contributed by atoms with Gasteiger partial charge in [-0.2, -0.15) is 0 Å². The van der Waals surface area contributed by atoms with Crippen LogP contribution in [0.3, 0.4) is 0 Å². The third-order valence-electron chi connectivity index (χ3n) is 3.11. The molecule has 0 radical (unpaired) electrons. The number of hydrogen-bond donors (Lipinski definition) is 1. The van der Waals surface area contributed by atoms with Gasteiger partial charge in [-0.1, -0.05) is 17.7 Å². The van der Waals surface area contributed by atoms with Gasteiger partial charge in [-0.25, -0.2) is 0 Å². The number of fused-ring (bicyclic) bond motifs is 1. The number of halogens is 1. The Hall–Kier alpha value is -1.48. The van der Waals surface area contributed by atoms with E-state index in [4.69, 9.17) is 11.6 Å². The molecule has 2 rings (SSSR count). The monoisotopic (exact) mass is 264 g/mol. The SMILES string of the molecule is C=CCN1C(=O)C(C)(C)CNc2cc(Cl)ccc21. The van der Waals surface area contributed by atoms with Gasteiger partial charge in [-0.05, 0) is 32.0 Å². The number of anilines is 2. The third kappa shape index (κ3) is 2.23. The van der Waals surface area contributed by atoms with Crippen molar-refractivity contribution >= 4 is 28.9 Å². The molecule has 1 amide bonds. The molecule has 18 heavy (non-hydrogen) atoms. The van der Waals surface area contributed by atoms with Gasteiger partial charge in [0, 0.05) is 18.1 Å². The maximum Gasteiger partial charge on any atom is 0.234 e. The minimum absolute atomic E-state index is 0.0935. The van der Waals surface area contributed by atoms with Crippen molar-refractivity contribution < 1.29 is 4.79 Å². The molecule has 0 bridgehead atoms. The average Bonchev–Trinajstić information content (AvgIpc) is 2.41. The van der Waals surface area contributed by atoms with Crippen LogP contribution < -0.4 is 10.2 Å². The highest BCUT2D eigenvalue weighted by molar-refractivity contribution is 6.31. The maximum atomic E-state index is 12.5. The fraction of sp³-hybridized carbons (Fsp3) is 0.357. The number of nitrogens with zero attached hydrogens (tertiary/aromatic N) is 1. The molecule has 0 unspecified atom stereocenters. The largest absolute Gasteiger partial charge is 0.382 e. The van der Waals surface area contributed by atoms with Crippen molar-refractivity contribution in [1.82, 2.24) is 0 Å². The quantitative estimate of drug-likeness (QED) is 0.831. The first-order chi connectivity index (χ1) is 8.45. The molecule has 0 saturated heterocycles. The van der Waals surface area contributed by atoms with E-state index in [2.05, 4.69) is 11.9 Å². The lowest BCUT2D eigenvalue weighted by Crippen LogP contribution is -2.42. The maximum absolute atomic E-state index is 12.5. The molecule has 4 heteroatoms. The molecule has 3 nitrogen and oxygen atoms in total. The second-order valence-electron chi connectivity index (χ2n) is 5.10. The number of nitrogens with one attached hydrogen (secondary N) is 1. The number of rotatable bonds is 2. The van der Waals surface area contributed by atoms with Gasteiger partial charge in [-0.3, -0.25) is 4.79 Å². The zero-order chi connectivity index (χ0) is 13.3. The average molecular weight is 265 g/mol. The third-order valence-corrected chi connectivity index (χ3v) is 3.34. The van der Waals surface area contributed by atoms with Gasteiger partial charge in [0.2, 0.25) is 5.91 Å². The Morgan fingerprint density at radius 2 is 2.28 bits per heavy atom. The van der Waals surface area contributed by atoms with Gasteiger partial charge in [0.15, 0.2) is 0 Å². The lowest BCUT2D eigenvalue weighted by molar-refractivity contribution is -0.125. The molecule has 0 aliphatic carbocycles. The zero-order valence-corrected chi connectivity index (χ0v) is 11.4. The van der Waals surface area contributed by atoms with E-state index in [-0.39, 0.29) is 5.91 Å². The van der Waals surface area contributed by atoms with Crippen LogP contribution in [0.15, 0.2) is 30.9 Å². The Balaban J connectivity index is 2.52. The normalized spacial score (nSPS) is 17.7. The van der Waals surface area contributed by atoms with E-state index < -0.39 is 5.41 Å². The zero-order valence-electron chi connectivity index (χ0n) is 10.7. The Morgan fingerprint density at radius 3 is 2.94 bits per heavy atom. The minimum Gasteiger partial charge on any atom is -0.382 e. The van der Waals surface area contributed by atoms with Gasteiger partial charge in [-0.15, -0.1) is 6.58 Å². The summed E-state index contributed by atoms with van der Waals surface area (Å²) < 4.78 is 0. The molecule has 1 aliphatic heterocycles. The van der Waals surface area contributed by atoms with E-state index in [0.717, 1.165) is 11.4 Å². The molecular formula is C14H17ClN2O. The Kier molecular flexibility index (Phi) is 3.35. The van der Waals surface area contributed by atoms with Crippen molar-refractivity contribution in [3.8, 4) is 0 Å². The Labute approximate surface area is 112 Å². The van der Waals surface area contributed by atoms with Crippen molar-refractivity contribution in [2.45, 2.75) is 13.8 Å². The van der Waals surface area contributed by atoms with Crippen molar-refractivity contribution in [2.75, 3.05) is 23.3 Å². The summed E-state index contributed by atoms with van der Waals surface area (Å²) in [6.07, 6.45) is 1.73. The van der Waals surface area contributed by atoms with Crippen LogP contribution in [-0.4, -0.2) is 19.0 Å². The van der Waals surface area contributed by atoms with Crippen LogP contribution in [0.4, 0.5) is 11.4 Å². The second kappa shape index (κ2) is 4.65. The van der Waals surface area contributed by atoms with Gasteiger partial charge >= 0.3 is 0 Å².